The van der Waals surface area contributed by atoms with Gasteiger partial charge in [-0.15, -0.1) is 15.3 Å². The Hall–Kier alpha value is -1.83. The topological polar surface area (TPSA) is 96.5 Å². The lowest BCUT2D eigenvalue weighted by Crippen LogP contribution is -2.13. The zero-order valence-corrected chi connectivity index (χ0v) is 9.63. The van der Waals surface area contributed by atoms with Crippen molar-refractivity contribution in [2.75, 3.05) is 5.32 Å². The van der Waals surface area contributed by atoms with Gasteiger partial charge in [-0.2, -0.15) is 0 Å². The van der Waals surface area contributed by atoms with Gasteiger partial charge >= 0.3 is 0 Å². The van der Waals surface area contributed by atoms with Crippen molar-refractivity contribution in [1.82, 2.24) is 25.4 Å². The van der Waals surface area contributed by atoms with Crippen LogP contribution in [-0.4, -0.2) is 31.3 Å². The minimum Gasteiger partial charge on any atom is -0.294 e. The predicted molar refractivity (Wildman–Crippen MR) is 58.4 cm³/mol. The molecule has 2 N–H and O–H groups in total. The third kappa shape index (κ3) is 2.22. The van der Waals surface area contributed by atoms with Crippen molar-refractivity contribution in [3.05, 3.63) is 16.7 Å². The summed E-state index contributed by atoms with van der Waals surface area (Å²) in [5.74, 6) is 0.412. The molecule has 2 aromatic heterocycles. The first-order chi connectivity index (χ1) is 7.69. The first-order valence-corrected chi connectivity index (χ1v) is 5.53. The summed E-state index contributed by atoms with van der Waals surface area (Å²) in [4.78, 5) is 15.6. The standard InChI is InChI=1S/C8H10N6OS/c1-3-5-9-6(13-12-5)7(15)10-8-14-11-4(2)16-8/h3H2,1-2H3,(H,9,12,13)(H,10,14,15). The molecule has 0 aliphatic rings. The average Bonchev–Trinajstić information content (AvgIpc) is 2.87. The minimum atomic E-state index is -0.382. The SMILES string of the molecule is CCc1nc(C(=O)Nc2nnc(C)s2)n[nH]1. The monoisotopic (exact) mass is 238 g/mol. The molecule has 0 bridgehead atoms. The van der Waals surface area contributed by atoms with E-state index >= 15 is 0 Å². The van der Waals surface area contributed by atoms with Crippen molar-refractivity contribution in [3.63, 3.8) is 0 Å². The first kappa shape index (κ1) is 10.7. The van der Waals surface area contributed by atoms with Gasteiger partial charge in [-0.3, -0.25) is 15.2 Å². The second-order valence-corrected chi connectivity index (χ2v) is 4.22. The van der Waals surface area contributed by atoms with Crippen LogP contribution in [0.4, 0.5) is 5.13 Å². The lowest BCUT2D eigenvalue weighted by atomic mass is 10.5. The van der Waals surface area contributed by atoms with Gasteiger partial charge in [0.2, 0.25) is 11.0 Å². The van der Waals surface area contributed by atoms with Gasteiger partial charge in [0.05, 0.1) is 0 Å². The molecule has 0 radical (unpaired) electrons. The number of rotatable bonds is 3. The predicted octanol–water partition coefficient (Wildman–Crippen LogP) is 0.779. The summed E-state index contributed by atoms with van der Waals surface area (Å²) < 4.78 is 0. The molecule has 2 rings (SSSR count). The summed E-state index contributed by atoms with van der Waals surface area (Å²) in [5.41, 5.74) is 0. The minimum absolute atomic E-state index is 0.115. The Morgan fingerprint density at radius 3 is 2.88 bits per heavy atom. The van der Waals surface area contributed by atoms with Crippen LogP contribution in [0, 0.1) is 6.92 Å². The summed E-state index contributed by atoms with van der Waals surface area (Å²) in [6.07, 6.45) is 0.707. The highest BCUT2D eigenvalue weighted by Gasteiger charge is 2.13. The van der Waals surface area contributed by atoms with Crippen LogP contribution < -0.4 is 5.32 Å². The number of carbonyl (C=O) groups is 1. The first-order valence-electron chi connectivity index (χ1n) is 4.71. The molecule has 84 valence electrons. The summed E-state index contributed by atoms with van der Waals surface area (Å²) in [5, 5.41) is 17.9. The van der Waals surface area contributed by atoms with Crippen LogP contribution in [0.1, 0.15) is 28.4 Å². The molecular formula is C8H10N6OS. The highest BCUT2D eigenvalue weighted by atomic mass is 32.1. The molecule has 7 nitrogen and oxygen atoms in total. The number of anilines is 1. The molecule has 0 aliphatic heterocycles. The van der Waals surface area contributed by atoms with E-state index in [1.807, 2.05) is 13.8 Å². The zero-order valence-electron chi connectivity index (χ0n) is 8.81. The molecule has 0 spiro atoms. The fourth-order valence-corrected chi connectivity index (χ4v) is 1.64. The van der Waals surface area contributed by atoms with E-state index in [2.05, 4.69) is 30.7 Å². The van der Waals surface area contributed by atoms with Gasteiger partial charge in [0, 0.05) is 6.42 Å². The maximum Gasteiger partial charge on any atom is 0.297 e. The highest BCUT2D eigenvalue weighted by Crippen LogP contribution is 2.14. The summed E-state index contributed by atoms with van der Waals surface area (Å²) in [6.45, 7) is 3.74. The Bertz CT molecular complexity index is 504. The molecule has 0 saturated heterocycles. The van der Waals surface area contributed by atoms with E-state index in [0.29, 0.717) is 17.4 Å². The largest absolute Gasteiger partial charge is 0.297 e. The lowest BCUT2D eigenvalue weighted by molar-refractivity contribution is 0.101. The Morgan fingerprint density at radius 1 is 1.50 bits per heavy atom. The highest BCUT2D eigenvalue weighted by molar-refractivity contribution is 7.15. The van der Waals surface area contributed by atoms with Crippen molar-refractivity contribution in [2.24, 2.45) is 0 Å². The number of nitrogens with one attached hydrogen (secondary N) is 2. The van der Waals surface area contributed by atoms with Crippen LogP contribution in [0.5, 0.6) is 0 Å². The van der Waals surface area contributed by atoms with Crippen LogP contribution in [0.15, 0.2) is 0 Å². The Balaban J connectivity index is 2.08. The molecule has 1 amide bonds. The van der Waals surface area contributed by atoms with Crippen LogP contribution in [0.3, 0.4) is 0 Å². The van der Waals surface area contributed by atoms with Crippen molar-refractivity contribution in [1.29, 1.82) is 0 Å². The Kier molecular flexibility index (Phi) is 2.91. The molecule has 0 aliphatic carbocycles. The van der Waals surface area contributed by atoms with E-state index < -0.39 is 0 Å². The maximum atomic E-state index is 11.6. The van der Waals surface area contributed by atoms with Crippen molar-refractivity contribution in [3.8, 4) is 0 Å². The molecule has 2 heterocycles. The van der Waals surface area contributed by atoms with Crippen molar-refractivity contribution in [2.45, 2.75) is 20.3 Å². The molecule has 2 aromatic rings. The van der Waals surface area contributed by atoms with E-state index in [1.165, 1.54) is 11.3 Å². The van der Waals surface area contributed by atoms with Gasteiger partial charge in [-0.25, -0.2) is 4.98 Å². The summed E-state index contributed by atoms with van der Waals surface area (Å²) in [7, 11) is 0. The second kappa shape index (κ2) is 4.35. The van der Waals surface area contributed by atoms with Gasteiger partial charge < -0.3 is 0 Å². The van der Waals surface area contributed by atoms with Gasteiger partial charge in [0.1, 0.15) is 10.8 Å². The average molecular weight is 238 g/mol. The molecule has 0 aromatic carbocycles. The number of hydrogen-bond donors (Lipinski definition) is 2. The van der Waals surface area contributed by atoms with E-state index in [1.54, 1.807) is 0 Å². The van der Waals surface area contributed by atoms with Gasteiger partial charge in [0.15, 0.2) is 0 Å². The zero-order chi connectivity index (χ0) is 11.5. The van der Waals surface area contributed by atoms with Gasteiger partial charge in [-0.1, -0.05) is 18.3 Å². The van der Waals surface area contributed by atoms with E-state index in [0.717, 1.165) is 5.01 Å². The molecule has 0 saturated carbocycles. The molecule has 0 atom stereocenters. The quantitative estimate of drug-likeness (QED) is 0.823. The number of hydrogen-bond acceptors (Lipinski definition) is 6. The van der Waals surface area contributed by atoms with Crippen LogP contribution >= 0.6 is 11.3 Å². The Labute approximate surface area is 95.3 Å². The van der Waals surface area contributed by atoms with Crippen molar-refractivity contribution >= 4 is 22.4 Å². The van der Waals surface area contributed by atoms with Crippen molar-refractivity contribution < 1.29 is 4.79 Å². The van der Waals surface area contributed by atoms with E-state index in [4.69, 9.17) is 0 Å². The third-order valence-corrected chi connectivity index (χ3v) is 2.57. The number of aromatic amines is 1. The summed E-state index contributed by atoms with van der Waals surface area (Å²) >= 11 is 1.30. The van der Waals surface area contributed by atoms with Crippen LogP contribution in [-0.2, 0) is 6.42 Å². The number of amides is 1. The van der Waals surface area contributed by atoms with E-state index in [-0.39, 0.29) is 11.7 Å². The molecule has 16 heavy (non-hydrogen) atoms. The molecule has 8 heteroatoms. The third-order valence-electron chi connectivity index (χ3n) is 1.82. The lowest BCUT2D eigenvalue weighted by Gasteiger charge is -1.94. The van der Waals surface area contributed by atoms with Crippen LogP contribution in [0.25, 0.3) is 0 Å². The number of H-pyrrole nitrogens is 1. The molecule has 0 fully saturated rings. The number of aromatic nitrogens is 5. The maximum absolute atomic E-state index is 11.6. The smallest absolute Gasteiger partial charge is 0.294 e. The second-order valence-electron chi connectivity index (χ2n) is 3.04. The summed E-state index contributed by atoms with van der Waals surface area (Å²) in [6, 6.07) is 0. The fourth-order valence-electron chi connectivity index (χ4n) is 1.06. The van der Waals surface area contributed by atoms with Crippen LogP contribution in [0.2, 0.25) is 0 Å². The normalized spacial score (nSPS) is 10.4. The van der Waals surface area contributed by atoms with Gasteiger partial charge in [0.25, 0.3) is 5.91 Å². The Morgan fingerprint density at radius 2 is 2.31 bits per heavy atom. The van der Waals surface area contributed by atoms with Gasteiger partial charge in [-0.05, 0) is 6.92 Å². The number of aryl methyl sites for hydroxylation is 2. The fraction of sp³-hybridized carbons (Fsp3) is 0.375. The molecule has 0 unspecified atom stereocenters. The molecular weight excluding hydrogens is 228 g/mol. The number of carbonyl (C=O) groups excluding carboxylic acids is 1. The van der Waals surface area contributed by atoms with E-state index in [9.17, 15) is 4.79 Å². The number of nitrogens with zero attached hydrogens (tertiary/aromatic N) is 4.